The molecule has 2 aliphatic heterocycles. The highest BCUT2D eigenvalue weighted by atomic mass is 16.5. The van der Waals surface area contributed by atoms with E-state index in [4.69, 9.17) is 9.72 Å². The van der Waals surface area contributed by atoms with Crippen molar-refractivity contribution in [1.82, 2.24) is 9.97 Å². The number of anilines is 1. The second-order valence-electron chi connectivity index (χ2n) is 7.68. The van der Waals surface area contributed by atoms with E-state index >= 15 is 0 Å². The Hall–Kier alpha value is -1.98. The molecule has 3 heterocycles. The third kappa shape index (κ3) is 3.60. The Kier molecular flexibility index (Phi) is 4.92. The smallest absolute Gasteiger partial charge is 0.135 e. The summed E-state index contributed by atoms with van der Waals surface area (Å²) in [5, 5.41) is 10.9. The SMILES string of the molecule is C[C@]1(O)CCOC[C@@H]1[C@@H]1CCCN1c1ccnc(Cc2ccccc2)n1. The van der Waals surface area contributed by atoms with Crippen LogP contribution in [0.2, 0.25) is 0 Å². The average molecular weight is 353 g/mol. The molecule has 2 aromatic rings. The summed E-state index contributed by atoms with van der Waals surface area (Å²) >= 11 is 0. The number of hydrogen-bond acceptors (Lipinski definition) is 5. The number of benzene rings is 1. The van der Waals surface area contributed by atoms with Crippen molar-refractivity contribution >= 4 is 5.82 Å². The highest BCUT2D eigenvalue weighted by molar-refractivity contribution is 5.41. The van der Waals surface area contributed by atoms with Crippen molar-refractivity contribution in [2.24, 2.45) is 5.92 Å². The van der Waals surface area contributed by atoms with E-state index in [-0.39, 0.29) is 12.0 Å². The summed E-state index contributed by atoms with van der Waals surface area (Å²) in [6.45, 7) is 4.19. The molecule has 1 aromatic carbocycles. The van der Waals surface area contributed by atoms with Gasteiger partial charge in [0.2, 0.25) is 0 Å². The molecule has 26 heavy (non-hydrogen) atoms. The molecular formula is C21H27N3O2. The van der Waals surface area contributed by atoms with Crippen molar-refractivity contribution in [3.8, 4) is 0 Å². The number of rotatable bonds is 4. The Morgan fingerprint density at radius 3 is 2.92 bits per heavy atom. The Bertz CT molecular complexity index is 735. The van der Waals surface area contributed by atoms with Crippen molar-refractivity contribution < 1.29 is 9.84 Å². The molecule has 1 N–H and O–H groups in total. The summed E-state index contributed by atoms with van der Waals surface area (Å²) < 4.78 is 5.70. The third-order valence-corrected chi connectivity index (χ3v) is 5.80. The maximum Gasteiger partial charge on any atom is 0.135 e. The fraction of sp³-hybridized carbons (Fsp3) is 0.524. The predicted molar refractivity (Wildman–Crippen MR) is 101 cm³/mol. The van der Waals surface area contributed by atoms with Gasteiger partial charge in [0.25, 0.3) is 0 Å². The van der Waals surface area contributed by atoms with Gasteiger partial charge in [-0.25, -0.2) is 9.97 Å². The number of nitrogens with zero attached hydrogens (tertiary/aromatic N) is 3. The van der Waals surface area contributed by atoms with Crippen LogP contribution in [0.25, 0.3) is 0 Å². The molecule has 3 atom stereocenters. The van der Waals surface area contributed by atoms with Gasteiger partial charge in [-0.15, -0.1) is 0 Å². The first-order valence-electron chi connectivity index (χ1n) is 9.56. The van der Waals surface area contributed by atoms with E-state index in [2.05, 4.69) is 22.0 Å². The lowest BCUT2D eigenvalue weighted by atomic mass is 9.79. The topological polar surface area (TPSA) is 58.5 Å². The Morgan fingerprint density at radius 2 is 2.12 bits per heavy atom. The van der Waals surface area contributed by atoms with Gasteiger partial charge < -0.3 is 14.7 Å². The first-order valence-corrected chi connectivity index (χ1v) is 9.56. The van der Waals surface area contributed by atoms with Crippen molar-refractivity contribution in [3.63, 3.8) is 0 Å². The van der Waals surface area contributed by atoms with Gasteiger partial charge in [0.1, 0.15) is 11.6 Å². The molecule has 2 aliphatic rings. The van der Waals surface area contributed by atoms with Gasteiger partial charge in [-0.2, -0.15) is 0 Å². The van der Waals surface area contributed by atoms with E-state index in [1.165, 1.54) is 5.56 Å². The quantitative estimate of drug-likeness (QED) is 0.916. The molecule has 138 valence electrons. The van der Waals surface area contributed by atoms with Gasteiger partial charge in [-0.1, -0.05) is 30.3 Å². The molecule has 0 spiro atoms. The van der Waals surface area contributed by atoms with Crippen LogP contribution >= 0.6 is 0 Å². The van der Waals surface area contributed by atoms with Crippen molar-refractivity contribution in [2.75, 3.05) is 24.7 Å². The molecular weight excluding hydrogens is 326 g/mol. The molecule has 0 unspecified atom stereocenters. The molecule has 5 nitrogen and oxygen atoms in total. The lowest BCUT2D eigenvalue weighted by molar-refractivity contribution is -0.108. The van der Waals surface area contributed by atoms with E-state index in [0.717, 1.165) is 37.4 Å². The van der Waals surface area contributed by atoms with Crippen molar-refractivity contribution in [3.05, 3.63) is 54.0 Å². The summed E-state index contributed by atoms with van der Waals surface area (Å²) in [6, 6.07) is 12.6. The summed E-state index contributed by atoms with van der Waals surface area (Å²) in [6.07, 6.45) is 5.48. The maximum atomic E-state index is 10.9. The number of ether oxygens (including phenoxy) is 1. The second-order valence-corrected chi connectivity index (χ2v) is 7.68. The normalized spacial score (nSPS) is 29.1. The molecule has 1 aromatic heterocycles. The van der Waals surface area contributed by atoms with E-state index < -0.39 is 5.60 Å². The van der Waals surface area contributed by atoms with Gasteiger partial charge in [0.15, 0.2) is 0 Å². The molecule has 0 aliphatic carbocycles. The Labute approximate surface area is 155 Å². The van der Waals surface area contributed by atoms with Gasteiger partial charge >= 0.3 is 0 Å². The van der Waals surface area contributed by atoms with Crippen molar-refractivity contribution in [1.29, 1.82) is 0 Å². The minimum absolute atomic E-state index is 0.117. The fourth-order valence-corrected chi connectivity index (χ4v) is 4.29. The summed E-state index contributed by atoms with van der Waals surface area (Å²) in [4.78, 5) is 11.6. The number of hydrogen-bond donors (Lipinski definition) is 1. The van der Waals surface area contributed by atoms with Crippen LogP contribution in [0.1, 0.15) is 37.6 Å². The Morgan fingerprint density at radius 1 is 1.27 bits per heavy atom. The lowest BCUT2D eigenvalue weighted by Crippen LogP contribution is -2.52. The van der Waals surface area contributed by atoms with E-state index in [0.29, 0.717) is 19.6 Å². The van der Waals surface area contributed by atoms with E-state index in [9.17, 15) is 5.11 Å². The lowest BCUT2D eigenvalue weighted by Gasteiger charge is -2.43. The van der Waals surface area contributed by atoms with Crippen LogP contribution in [0.4, 0.5) is 5.82 Å². The minimum atomic E-state index is -0.675. The standard InChI is InChI=1S/C21H27N3O2/c1-21(25)10-13-26-15-17(21)18-8-5-12-24(18)20-9-11-22-19(23-20)14-16-6-3-2-4-7-16/h2-4,6-7,9,11,17-18,25H,5,8,10,12-15H2,1H3/t17-,18+,21+/m1/s1. The monoisotopic (exact) mass is 353 g/mol. The highest BCUT2D eigenvalue weighted by Gasteiger charge is 2.44. The zero-order chi connectivity index (χ0) is 18.0. The van der Waals surface area contributed by atoms with Crippen LogP contribution in [0, 0.1) is 5.92 Å². The molecule has 4 rings (SSSR count). The van der Waals surface area contributed by atoms with Gasteiger partial charge in [0.05, 0.1) is 12.2 Å². The molecule has 0 saturated carbocycles. The fourth-order valence-electron chi connectivity index (χ4n) is 4.29. The highest BCUT2D eigenvalue weighted by Crippen LogP contribution is 2.37. The molecule has 0 amide bonds. The second kappa shape index (κ2) is 7.33. The van der Waals surface area contributed by atoms with Crippen LogP contribution < -0.4 is 4.90 Å². The summed E-state index contributed by atoms with van der Waals surface area (Å²) in [5.74, 6) is 1.92. The number of aromatic nitrogens is 2. The van der Waals surface area contributed by atoms with Crippen LogP contribution in [0.3, 0.4) is 0 Å². The van der Waals surface area contributed by atoms with Gasteiger partial charge in [0, 0.05) is 37.7 Å². The molecule has 0 bridgehead atoms. The summed E-state index contributed by atoms with van der Waals surface area (Å²) in [5.41, 5.74) is 0.539. The van der Waals surface area contributed by atoms with E-state index in [1.807, 2.05) is 37.4 Å². The zero-order valence-corrected chi connectivity index (χ0v) is 15.3. The van der Waals surface area contributed by atoms with Crippen LogP contribution in [-0.2, 0) is 11.2 Å². The first-order chi connectivity index (χ1) is 12.6. The van der Waals surface area contributed by atoms with Crippen molar-refractivity contribution in [2.45, 2.75) is 44.2 Å². The van der Waals surface area contributed by atoms with Crippen LogP contribution in [-0.4, -0.2) is 46.5 Å². The number of aliphatic hydroxyl groups is 1. The van der Waals surface area contributed by atoms with Crippen LogP contribution in [0.15, 0.2) is 42.6 Å². The first kappa shape index (κ1) is 17.4. The molecule has 2 fully saturated rings. The third-order valence-electron chi connectivity index (χ3n) is 5.80. The zero-order valence-electron chi connectivity index (χ0n) is 15.3. The molecule has 2 saturated heterocycles. The maximum absolute atomic E-state index is 10.9. The minimum Gasteiger partial charge on any atom is -0.390 e. The summed E-state index contributed by atoms with van der Waals surface area (Å²) in [7, 11) is 0. The van der Waals surface area contributed by atoms with Gasteiger partial charge in [-0.3, -0.25) is 0 Å². The molecule has 0 radical (unpaired) electrons. The van der Waals surface area contributed by atoms with Crippen LogP contribution in [0.5, 0.6) is 0 Å². The largest absolute Gasteiger partial charge is 0.390 e. The average Bonchev–Trinajstić information content (AvgIpc) is 3.12. The van der Waals surface area contributed by atoms with E-state index in [1.54, 1.807) is 0 Å². The molecule has 5 heteroatoms. The Balaban J connectivity index is 1.55. The van der Waals surface area contributed by atoms with Gasteiger partial charge in [-0.05, 0) is 37.8 Å². The predicted octanol–water partition coefficient (Wildman–Crippen LogP) is 2.82.